The number of nitrogens with zero attached hydrogens (tertiary/aromatic N) is 1. The van der Waals surface area contributed by atoms with Crippen LogP contribution < -0.4 is 11.2 Å². The van der Waals surface area contributed by atoms with Gasteiger partial charge in [0.15, 0.2) is 0 Å². The second-order valence-corrected chi connectivity index (χ2v) is 5.01. The van der Waals surface area contributed by atoms with E-state index in [4.69, 9.17) is 16.3 Å². The van der Waals surface area contributed by atoms with Gasteiger partial charge in [0.1, 0.15) is 12.3 Å². The Morgan fingerprint density at radius 2 is 2.32 bits per heavy atom. The molecule has 2 rings (SSSR count). The van der Waals surface area contributed by atoms with Crippen LogP contribution >= 0.6 is 0 Å². The minimum atomic E-state index is -0.858. The Labute approximate surface area is 126 Å². The summed E-state index contributed by atoms with van der Waals surface area (Å²) in [6, 6.07) is 0. The number of allylic oxidation sites excluding steroid dienone is 1. The predicted octanol–water partition coefficient (Wildman–Crippen LogP) is -0.396. The fourth-order valence-electron chi connectivity index (χ4n) is 2.26. The lowest BCUT2D eigenvalue weighted by molar-refractivity contribution is -0.0459. The Balaban J connectivity index is 2.26. The lowest BCUT2D eigenvalue weighted by atomic mass is 10.2. The molecule has 1 fully saturated rings. The molecule has 22 heavy (non-hydrogen) atoms. The van der Waals surface area contributed by atoms with Crippen LogP contribution in [0, 0.1) is 12.3 Å². The van der Waals surface area contributed by atoms with Crippen molar-refractivity contribution >= 4 is 6.08 Å². The zero-order chi connectivity index (χ0) is 16.1. The molecule has 0 spiro atoms. The topological polar surface area (TPSA) is 105 Å². The number of aromatic nitrogens is 2. The minimum Gasteiger partial charge on any atom is -0.394 e. The average Bonchev–Trinajstić information content (AvgIpc) is 2.86. The smallest absolute Gasteiger partial charge is 0.330 e. The van der Waals surface area contributed by atoms with E-state index in [0.717, 1.165) is 0 Å². The maximum absolute atomic E-state index is 11.9. The molecule has 0 aromatic carbocycles. The number of unbranched alkanes of at least 4 members (excludes halogenated alkanes) is 1. The van der Waals surface area contributed by atoms with Gasteiger partial charge in [0.2, 0.25) is 0 Å². The third-order valence-corrected chi connectivity index (χ3v) is 3.44. The Bertz CT molecular complexity index is 697. The van der Waals surface area contributed by atoms with Gasteiger partial charge < -0.3 is 14.9 Å². The summed E-state index contributed by atoms with van der Waals surface area (Å²) in [5, 5.41) is 18.8. The predicted molar refractivity (Wildman–Crippen MR) is 80.0 cm³/mol. The molecule has 1 saturated heterocycles. The maximum Gasteiger partial charge on any atom is 0.330 e. The van der Waals surface area contributed by atoms with Gasteiger partial charge in [-0.2, -0.15) is 0 Å². The summed E-state index contributed by atoms with van der Waals surface area (Å²) in [6.45, 7) is -0.339. The monoisotopic (exact) mass is 306 g/mol. The number of aromatic amines is 1. The number of aliphatic hydroxyl groups is 2. The van der Waals surface area contributed by atoms with Crippen molar-refractivity contribution in [1.82, 2.24) is 9.55 Å². The van der Waals surface area contributed by atoms with Crippen molar-refractivity contribution in [2.45, 2.75) is 37.7 Å². The Hall–Kier alpha value is -2.14. The first kappa shape index (κ1) is 16.2. The third kappa shape index (κ3) is 3.54. The second-order valence-electron chi connectivity index (χ2n) is 5.01. The van der Waals surface area contributed by atoms with E-state index >= 15 is 0 Å². The fourth-order valence-corrected chi connectivity index (χ4v) is 2.26. The van der Waals surface area contributed by atoms with Crippen molar-refractivity contribution < 1.29 is 14.9 Å². The van der Waals surface area contributed by atoms with E-state index in [9.17, 15) is 14.7 Å². The molecule has 1 aromatic rings. The first-order chi connectivity index (χ1) is 10.6. The van der Waals surface area contributed by atoms with Crippen LogP contribution in [0.4, 0.5) is 0 Å². The molecule has 7 heteroatoms. The van der Waals surface area contributed by atoms with Crippen LogP contribution in [0.1, 0.15) is 31.1 Å². The van der Waals surface area contributed by atoms with E-state index in [-0.39, 0.29) is 13.0 Å². The van der Waals surface area contributed by atoms with Crippen molar-refractivity contribution in [1.29, 1.82) is 0 Å². The molecular formula is C15H18N2O5. The highest BCUT2D eigenvalue weighted by Crippen LogP contribution is 2.27. The fraction of sp³-hybridized carbons (Fsp3) is 0.467. The number of nitrogens with one attached hydrogen (secondary N) is 1. The van der Waals surface area contributed by atoms with E-state index in [2.05, 4.69) is 10.9 Å². The number of aliphatic hydroxyl groups excluding tert-OH is 2. The molecule has 118 valence electrons. The molecule has 0 aliphatic carbocycles. The van der Waals surface area contributed by atoms with Gasteiger partial charge in [0.05, 0.1) is 18.3 Å². The molecule has 1 aliphatic heterocycles. The van der Waals surface area contributed by atoms with Crippen molar-refractivity contribution in [3.05, 3.63) is 38.7 Å². The Kier molecular flexibility index (Phi) is 5.33. The second kappa shape index (κ2) is 7.22. The standard InChI is InChI=1S/C15H18N2O5/c1-2-3-4-5-6-10-8-17(15(21)16-14(10)20)13-7-11(19)12(9-18)22-13/h1,5-6,8,11-13,18-19H,3-4,7,9H2,(H,16,20,21)/b6-5+/t11-,12+,13+/m0/s1. The number of H-pyrrole nitrogens is 1. The summed E-state index contributed by atoms with van der Waals surface area (Å²) in [5.41, 5.74) is -0.834. The lowest BCUT2D eigenvalue weighted by Gasteiger charge is -2.14. The molecule has 0 saturated carbocycles. The van der Waals surface area contributed by atoms with Crippen LogP contribution in [0.2, 0.25) is 0 Å². The largest absolute Gasteiger partial charge is 0.394 e. The van der Waals surface area contributed by atoms with Gasteiger partial charge in [-0.1, -0.05) is 12.2 Å². The lowest BCUT2D eigenvalue weighted by Crippen LogP contribution is -2.33. The molecule has 7 nitrogen and oxygen atoms in total. The molecule has 0 amide bonds. The van der Waals surface area contributed by atoms with Gasteiger partial charge in [-0.15, -0.1) is 12.3 Å². The number of ether oxygens (including phenoxy) is 1. The zero-order valence-corrected chi connectivity index (χ0v) is 11.9. The molecule has 3 atom stereocenters. The summed E-state index contributed by atoms with van der Waals surface area (Å²) < 4.78 is 6.63. The molecule has 0 unspecified atom stereocenters. The van der Waals surface area contributed by atoms with Gasteiger partial charge in [-0.3, -0.25) is 14.3 Å². The normalized spacial score (nSPS) is 24.7. The van der Waals surface area contributed by atoms with Gasteiger partial charge in [0.25, 0.3) is 5.56 Å². The summed E-state index contributed by atoms with van der Waals surface area (Å²) >= 11 is 0. The number of terminal acetylenes is 1. The van der Waals surface area contributed by atoms with Crippen LogP contribution in [-0.4, -0.2) is 38.6 Å². The number of hydrogen-bond donors (Lipinski definition) is 3. The quantitative estimate of drug-likeness (QED) is 0.507. The first-order valence-corrected chi connectivity index (χ1v) is 6.96. The van der Waals surface area contributed by atoms with Gasteiger partial charge in [0, 0.05) is 19.0 Å². The van der Waals surface area contributed by atoms with Gasteiger partial charge >= 0.3 is 5.69 Å². The van der Waals surface area contributed by atoms with Crippen LogP contribution in [-0.2, 0) is 4.74 Å². The molecule has 3 N–H and O–H groups in total. The summed E-state index contributed by atoms with van der Waals surface area (Å²) in [6.07, 6.45) is 8.89. The van der Waals surface area contributed by atoms with Crippen LogP contribution in [0.15, 0.2) is 21.9 Å². The Morgan fingerprint density at radius 3 is 2.95 bits per heavy atom. The molecule has 2 heterocycles. The first-order valence-electron chi connectivity index (χ1n) is 6.96. The highest BCUT2D eigenvalue weighted by Gasteiger charge is 2.35. The van der Waals surface area contributed by atoms with Crippen molar-refractivity contribution in [3.63, 3.8) is 0 Å². The summed E-state index contributed by atoms with van der Waals surface area (Å²) in [7, 11) is 0. The molecule has 1 aromatic heterocycles. The highest BCUT2D eigenvalue weighted by molar-refractivity contribution is 5.46. The van der Waals surface area contributed by atoms with Crippen molar-refractivity contribution in [2.24, 2.45) is 0 Å². The third-order valence-electron chi connectivity index (χ3n) is 3.44. The minimum absolute atomic E-state index is 0.164. The number of rotatable bonds is 5. The van der Waals surface area contributed by atoms with Gasteiger partial charge in [-0.05, 0) is 6.42 Å². The SMILES string of the molecule is C#CCC/C=C/c1cn([C@H]2C[C@H](O)[C@@H](CO)O2)c(=O)[nH]c1=O. The van der Waals surface area contributed by atoms with Crippen LogP contribution in [0.3, 0.4) is 0 Å². The average molecular weight is 306 g/mol. The Morgan fingerprint density at radius 1 is 1.55 bits per heavy atom. The molecule has 0 bridgehead atoms. The summed E-state index contributed by atoms with van der Waals surface area (Å²) in [5.74, 6) is 2.49. The number of hydrogen-bond acceptors (Lipinski definition) is 5. The highest BCUT2D eigenvalue weighted by atomic mass is 16.5. The van der Waals surface area contributed by atoms with E-state index in [1.54, 1.807) is 12.2 Å². The van der Waals surface area contributed by atoms with E-state index in [1.807, 2.05) is 0 Å². The zero-order valence-electron chi connectivity index (χ0n) is 11.9. The summed E-state index contributed by atoms with van der Waals surface area (Å²) in [4.78, 5) is 25.9. The van der Waals surface area contributed by atoms with Crippen molar-refractivity contribution in [2.75, 3.05) is 6.61 Å². The van der Waals surface area contributed by atoms with E-state index in [1.165, 1.54) is 10.8 Å². The van der Waals surface area contributed by atoms with Gasteiger partial charge in [-0.25, -0.2) is 4.79 Å². The van der Waals surface area contributed by atoms with Crippen LogP contribution in [0.5, 0.6) is 0 Å². The van der Waals surface area contributed by atoms with Crippen molar-refractivity contribution in [3.8, 4) is 12.3 Å². The molecule has 0 radical (unpaired) electrons. The maximum atomic E-state index is 11.9. The van der Waals surface area contributed by atoms with E-state index in [0.29, 0.717) is 18.4 Å². The molecular weight excluding hydrogens is 288 g/mol. The van der Waals surface area contributed by atoms with Crippen LogP contribution in [0.25, 0.3) is 6.08 Å². The molecule has 1 aliphatic rings. The van der Waals surface area contributed by atoms with E-state index < -0.39 is 29.7 Å².